The molecule has 0 saturated carbocycles. The number of likely N-dealkylation sites (tertiary alicyclic amines) is 1. The summed E-state index contributed by atoms with van der Waals surface area (Å²) < 4.78 is 0. The van der Waals surface area contributed by atoms with E-state index in [1.54, 1.807) is 24.3 Å². The van der Waals surface area contributed by atoms with Crippen LogP contribution < -0.4 is 5.32 Å². The largest absolute Gasteiger partial charge is 0.508 e. The number of rotatable bonds is 7. The maximum absolute atomic E-state index is 11.8. The summed E-state index contributed by atoms with van der Waals surface area (Å²) in [5.41, 5.74) is 12.7. The fourth-order valence-corrected chi connectivity index (χ4v) is 7.79. The van der Waals surface area contributed by atoms with E-state index in [0.717, 1.165) is 82.0 Å². The Labute approximate surface area is 295 Å². The van der Waals surface area contributed by atoms with Crippen LogP contribution in [-0.2, 0) is 30.7 Å². The van der Waals surface area contributed by atoms with Crippen molar-refractivity contribution in [3.8, 4) is 33.8 Å². The van der Waals surface area contributed by atoms with Crippen molar-refractivity contribution in [1.82, 2.24) is 10.2 Å². The highest BCUT2D eigenvalue weighted by molar-refractivity contribution is 5.89. The van der Waals surface area contributed by atoms with Gasteiger partial charge in [0.25, 0.3) is 0 Å². The SMILES string of the molecule is C=CC(=O)N1CCC(Cc2cc(-c3ccc(O)cc3)cc3c2C=NC3)CC1.Oc1ccc(-c2cc3c(c(CC4CCNCC4)c2)C=NC3)cc1. The summed E-state index contributed by atoms with van der Waals surface area (Å²) in [6.07, 6.45) is 12.2. The van der Waals surface area contributed by atoms with Gasteiger partial charge in [-0.1, -0.05) is 43.0 Å². The van der Waals surface area contributed by atoms with Gasteiger partial charge in [-0.15, -0.1) is 0 Å². The maximum atomic E-state index is 11.8. The molecule has 7 nitrogen and oxygen atoms in total. The van der Waals surface area contributed by atoms with E-state index in [1.807, 2.05) is 41.6 Å². The maximum Gasteiger partial charge on any atom is 0.245 e. The van der Waals surface area contributed by atoms with Gasteiger partial charge in [-0.2, -0.15) is 0 Å². The number of hydrogen-bond donors (Lipinski definition) is 3. The number of carbonyl (C=O) groups is 1. The molecule has 1 amide bonds. The summed E-state index contributed by atoms with van der Waals surface area (Å²) in [7, 11) is 0. The Morgan fingerprint density at radius 3 is 1.62 bits per heavy atom. The van der Waals surface area contributed by atoms with E-state index in [2.05, 4.69) is 46.1 Å². The van der Waals surface area contributed by atoms with Gasteiger partial charge >= 0.3 is 0 Å². The summed E-state index contributed by atoms with van der Waals surface area (Å²) in [4.78, 5) is 22.6. The molecule has 0 bridgehead atoms. The van der Waals surface area contributed by atoms with Crippen LogP contribution >= 0.6 is 0 Å². The molecule has 8 rings (SSSR count). The van der Waals surface area contributed by atoms with Crippen molar-refractivity contribution in [2.45, 2.75) is 51.6 Å². The fourth-order valence-electron chi connectivity index (χ4n) is 7.79. The van der Waals surface area contributed by atoms with Gasteiger partial charge in [-0.25, -0.2) is 0 Å². The molecule has 0 aliphatic carbocycles. The van der Waals surface area contributed by atoms with Gasteiger partial charge in [0.15, 0.2) is 0 Å². The van der Waals surface area contributed by atoms with Crippen molar-refractivity contribution >= 4 is 18.3 Å². The molecule has 2 saturated heterocycles. The average Bonchev–Trinajstić information content (AvgIpc) is 3.84. The number of nitrogens with one attached hydrogen (secondary N) is 1. The van der Waals surface area contributed by atoms with Crippen LogP contribution in [0.15, 0.2) is 95.4 Å². The molecule has 0 radical (unpaired) electrons. The highest BCUT2D eigenvalue weighted by atomic mass is 16.3. The normalized spacial score (nSPS) is 16.8. The molecule has 4 aromatic carbocycles. The Bertz CT molecular complexity index is 1900. The third kappa shape index (κ3) is 7.74. The zero-order chi connectivity index (χ0) is 34.5. The smallest absolute Gasteiger partial charge is 0.245 e. The van der Waals surface area contributed by atoms with Crippen LogP contribution in [0.1, 0.15) is 59.1 Å². The molecule has 256 valence electrons. The monoisotopic (exact) mass is 666 g/mol. The topological polar surface area (TPSA) is 97.5 Å². The number of aromatic hydroxyl groups is 2. The van der Waals surface area contributed by atoms with E-state index in [0.29, 0.717) is 11.7 Å². The minimum absolute atomic E-state index is 0.0378. The predicted octanol–water partition coefficient (Wildman–Crippen LogP) is 7.49. The summed E-state index contributed by atoms with van der Waals surface area (Å²) >= 11 is 0. The molecule has 0 spiro atoms. The van der Waals surface area contributed by atoms with Gasteiger partial charge < -0.3 is 20.4 Å². The highest BCUT2D eigenvalue weighted by Crippen LogP contribution is 2.33. The molecular weight excluding hydrogens is 620 g/mol. The van der Waals surface area contributed by atoms with Crippen LogP contribution in [0.25, 0.3) is 22.3 Å². The molecule has 4 aromatic rings. The first-order chi connectivity index (χ1) is 24.4. The Hall–Kier alpha value is -5.01. The molecular formula is C43H46N4O3. The van der Waals surface area contributed by atoms with Gasteiger partial charge in [0.1, 0.15) is 11.5 Å². The minimum atomic E-state index is 0.0378. The van der Waals surface area contributed by atoms with Crippen LogP contribution in [0.5, 0.6) is 11.5 Å². The van der Waals surface area contributed by atoms with E-state index < -0.39 is 0 Å². The van der Waals surface area contributed by atoms with Crippen molar-refractivity contribution in [3.63, 3.8) is 0 Å². The van der Waals surface area contributed by atoms with E-state index >= 15 is 0 Å². The first kappa shape index (κ1) is 33.5. The fraction of sp³-hybridized carbons (Fsp3) is 0.326. The first-order valence-electron chi connectivity index (χ1n) is 18.0. The van der Waals surface area contributed by atoms with E-state index in [1.165, 1.54) is 63.4 Å². The van der Waals surface area contributed by atoms with Gasteiger partial charge in [0, 0.05) is 36.6 Å². The molecule has 4 aliphatic heterocycles. The lowest BCUT2D eigenvalue weighted by Crippen LogP contribution is -2.37. The molecule has 3 N–H and O–H groups in total. The second-order valence-corrected chi connectivity index (χ2v) is 14.0. The Kier molecular flexibility index (Phi) is 10.2. The second kappa shape index (κ2) is 15.3. The van der Waals surface area contributed by atoms with Gasteiger partial charge in [0.2, 0.25) is 5.91 Å². The number of fused-ring (bicyclic) bond motifs is 2. The van der Waals surface area contributed by atoms with Crippen LogP contribution in [0.2, 0.25) is 0 Å². The van der Waals surface area contributed by atoms with Crippen molar-refractivity contribution in [3.05, 3.63) is 119 Å². The average molecular weight is 667 g/mol. The van der Waals surface area contributed by atoms with Crippen molar-refractivity contribution in [1.29, 1.82) is 0 Å². The number of hydrogen-bond acceptors (Lipinski definition) is 6. The van der Waals surface area contributed by atoms with E-state index in [-0.39, 0.29) is 11.7 Å². The van der Waals surface area contributed by atoms with Crippen LogP contribution in [0, 0.1) is 11.8 Å². The number of amides is 1. The van der Waals surface area contributed by atoms with Gasteiger partial charge in [0.05, 0.1) is 13.1 Å². The lowest BCUT2D eigenvalue weighted by molar-refractivity contribution is -0.127. The molecule has 50 heavy (non-hydrogen) atoms. The zero-order valence-corrected chi connectivity index (χ0v) is 28.7. The number of phenolic OH excluding ortho intramolecular Hbond substituents is 2. The number of benzene rings is 4. The Balaban J connectivity index is 0.000000159. The second-order valence-electron chi connectivity index (χ2n) is 14.0. The van der Waals surface area contributed by atoms with Crippen molar-refractivity contribution in [2.24, 2.45) is 21.8 Å². The molecule has 2 fully saturated rings. The summed E-state index contributed by atoms with van der Waals surface area (Å²) in [5, 5.41) is 22.5. The zero-order valence-electron chi connectivity index (χ0n) is 28.7. The molecule has 0 unspecified atom stereocenters. The van der Waals surface area contributed by atoms with Crippen LogP contribution in [0.4, 0.5) is 0 Å². The van der Waals surface area contributed by atoms with Gasteiger partial charge in [-0.05, 0) is 150 Å². The Morgan fingerprint density at radius 1 is 0.700 bits per heavy atom. The molecule has 0 aromatic heterocycles. The summed E-state index contributed by atoms with van der Waals surface area (Å²) in [5.74, 6) is 1.98. The lowest BCUT2D eigenvalue weighted by Gasteiger charge is -2.31. The molecule has 0 atom stereocenters. The third-order valence-corrected chi connectivity index (χ3v) is 10.6. The number of phenols is 2. The highest BCUT2D eigenvalue weighted by Gasteiger charge is 2.24. The van der Waals surface area contributed by atoms with Crippen LogP contribution in [0.3, 0.4) is 0 Å². The number of piperidine rings is 2. The number of aliphatic imine (C=N–C) groups is 2. The number of carbonyl (C=O) groups excluding carboxylic acids is 1. The van der Waals surface area contributed by atoms with Gasteiger partial charge in [-0.3, -0.25) is 14.8 Å². The minimum Gasteiger partial charge on any atom is -0.508 e. The van der Waals surface area contributed by atoms with Crippen molar-refractivity contribution in [2.75, 3.05) is 26.2 Å². The quantitative estimate of drug-likeness (QED) is 0.178. The van der Waals surface area contributed by atoms with Crippen LogP contribution in [-0.4, -0.2) is 59.6 Å². The standard InChI is InChI=1S/C23H24N2O2.C20H22N2O/c1-2-23(27)25-9-7-16(8-10-25)11-19-12-18(13-20-14-24-15-22(19)20)17-3-5-21(26)6-4-17;23-19-3-1-15(2-4-19)16-10-17(9-14-5-7-21-8-6-14)20-13-22-12-18(20)11-16/h2-6,12-13,15-16,26H,1,7-11,14H2;1-4,10-11,13-14,21,23H,5-9,12H2. The molecule has 7 heteroatoms. The first-order valence-corrected chi connectivity index (χ1v) is 18.0. The summed E-state index contributed by atoms with van der Waals surface area (Å²) in [6, 6.07) is 23.9. The molecule has 4 heterocycles. The van der Waals surface area contributed by atoms with E-state index in [4.69, 9.17) is 0 Å². The van der Waals surface area contributed by atoms with E-state index in [9.17, 15) is 15.0 Å². The third-order valence-electron chi connectivity index (χ3n) is 10.6. The summed E-state index contributed by atoms with van der Waals surface area (Å²) in [6.45, 7) is 9.01. The predicted molar refractivity (Wildman–Crippen MR) is 202 cm³/mol. The van der Waals surface area contributed by atoms with Crippen molar-refractivity contribution < 1.29 is 15.0 Å². The number of nitrogens with zero attached hydrogens (tertiary/aromatic N) is 3. The molecule has 4 aliphatic rings. The Morgan fingerprint density at radius 2 is 1.16 bits per heavy atom. The lowest BCUT2D eigenvalue weighted by atomic mass is 9.86.